The second-order valence-electron chi connectivity index (χ2n) is 20.3. The molecule has 550 valence electrons. The van der Waals surface area contributed by atoms with Gasteiger partial charge in [0.2, 0.25) is 0 Å². The number of ketones is 2. The molecule has 4 atom stereocenters. The smallest absolute Gasteiger partial charge is 1.00 e. The number of carboxylic acid groups (broad SMARTS) is 1. The molecule has 27 nitrogen and oxygen atoms in total. The van der Waals surface area contributed by atoms with Crippen LogP contribution >= 0.6 is 15.9 Å². The second-order valence-corrected chi connectivity index (χ2v) is 21.7. The number of fused-ring (bicyclic) bond motifs is 2. The molecule has 2 aliphatic rings. The molecule has 0 bridgehead atoms. The minimum absolute atomic E-state index is 0. The van der Waals surface area contributed by atoms with Crippen molar-refractivity contribution in [3.8, 4) is 11.4 Å². The van der Waals surface area contributed by atoms with Crippen LogP contribution in [0.25, 0.3) is 11.4 Å². The van der Waals surface area contributed by atoms with E-state index in [1.165, 1.54) is 96.4 Å². The van der Waals surface area contributed by atoms with Crippen LogP contribution in [0.5, 0.6) is 0 Å². The van der Waals surface area contributed by atoms with Crippen LogP contribution in [0.3, 0.4) is 0 Å². The second kappa shape index (κ2) is 44.3. The van der Waals surface area contributed by atoms with Crippen molar-refractivity contribution in [3.63, 3.8) is 0 Å². The standard InChI is InChI=1S/C19H18F4N6O.C12H12FN3.C8H10F3N3O.C7H8F3N3O2.C4H7BrO.C4H4F3N3.CH2O3.2CH4.2K.Li.H2O.H/c1-11(28-12(2)25-18(26-28)19(21,22)23)17(30)27-9-3-4-15-16(27)10-24-29(15)14-7-5-13(20)6-8-14;13-9-3-5-10(6-4-9)16-12-2-1-7-14-11(12)8-15-16;1-4(5(2)15)14-6(3)12-7(13-14)8(9,10)11;1-3(5(14)15)13-4(2)11-6(12-13)7(8,9)10;1-3(5)4(2)6;1-2-8-3(10-9-2)4(5,6)7;2-1-4-3;;;;;;;/h5-8,10-11H,3-4,9H2,1-2H3;3-6,8,14H,1-2,7H2;4H,1-3H3;3H,1-2H3,(H,14,15);3H,1-2H3;1H3,(H,8,9,10);1,3H;2*1H4;;;;1H2;/q;;;;;;;;;3*+1;;-1/p-2. The van der Waals surface area contributed by atoms with Crippen LogP contribution in [0, 0.1) is 39.3 Å². The number of aliphatic carboxylic acids is 1. The first-order chi connectivity index (χ1) is 44.5. The molecule has 2 aliphatic heterocycles. The number of aromatic nitrogens is 16. The number of Topliss-reactive ketones (excluding diaryl/α,β-unsaturated/α-hetero) is 2. The average molecular weight is 1580 g/mol. The summed E-state index contributed by atoms with van der Waals surface area (Å²) in [5, 5.41) is 43.9. The van der Waals surface area contributed by atoms with Crippen LogP contribution in [0.2, 0.25) is 0 Å². The molecule has 0 saturated heterocycles. The zero-order valence-corrected chi connectivity index (χ0v) is 63.3. The number of amides is 1. The fraction of sp³-hybridized carbons (Fsp3) is 0.456. The third-order valence-corrected chi connectivity index (χ3v) is 13.8. The number of nitrogens with zero attached hydrogens (tertiary/aromatic N) is 16. The quantitative estimate of drug-likeness (QED) is 0.0440. The molecule has 4 N–H and O–H groups in total. The zero-order valence-electron chi connectivity index (χ0n) is 56.5. The Morgan fingerprint density at radius 2 is 0.990 bits per heavy atom. The summed E-state index contributed by atoms with van der Waals surface area (Å²) in [5.41, 5.74) is 5.19. The van der Waals surface area contributed by atoms with Gasteiger partial charge in [-0.3, -0.25) is 24.3 Å². The summed E-state index contributed by atoms with van der Waals surface area (Å²) in [4.78, 5) is 70.5. The number of alkyl halides is 13. The molecule has 8 heterocycles. The summed E-state index contributed by atoms with van der Waals surface area (Å²) in [7, 11) is 0. The number of hydrogen-bond acceptors (Lipinski definition) is 19. The normalized spacial score (nSPS) is 13.0. The van der Waals surface area contributed by atoms with Crippen LogP contribution in [-0.2, 0) is 66.4 Å². The van der Waals surface area contributed by atoms with E-state index in [1.54, 1.807) is 35.9 Å². The third-order valence-electron chi connectivity index (χ3n) is 13.1. The molecular formula is C57H70BrF14K2LiN18O9. The van der Waals surface area contributed by atoms with Gasteiger partial charge in [-0.05, 0) is 143 Å². The Morgan fingerprint density at radius 3 is 1.32 bits per heavy atom. The van der Waals surface area contributed by atoms with Gasteiger partial charge in [-0.2, -0.15) is 62.9 Å². The Morgan fingerprint density at radius 1 is 0.618 bits per heavy atom. The monoisotopic (exact) mass is 1580 g/mol. The summed E-state index contributed by atoms with van der Waals surface area (Å²) in [6.45, 7) is 15.5. The van der Waals surface area contributed by atoms with Crippen molar-refractivity contribution in [2.75, 3.05) is 23.3 Å². The summed E-state index contributed by atoms with van der Waals surface area (Å²) < 4.78 is 179. The number of carboxylic acids is 1. The predicted molar refractivity (Wildman–Crippen MR) is 325 cm³/mol. The Labute approximate surface area is 681 Å². The maximum absolute atomic E-state index is 13.2. The van der Waals surface area contributed by atoms with E-state index in [9.17, 15) is 80.6 Å². The van der Waals surface area contributed by atoms with Crippen molar-refractivity contribution in [2.45, 2.75) is 157 Å². The minimum atomic E-state index is -4.69. The number of benzene rings is 2. The van der Waals surface area contributed by atoms with Crippen molar-refractivity contribution in [1.82, 2.24) is 79.0 Å². The Bertz CT molecular complexity index is 3840. The molecule has 102 heavy (non-hydrogen) atoms. The number of carbonyl (C=O) groups excluding carboxylic acids is 4. The molecule has 0 fully saturated rings. The van der Waals surface area contributed by atoms with Gasteiger partial charge < -0.3 is 32.4 Å². The van der Waals surface area contributed by atoms with Crippen molar-refractivity contribution < 1.29 is 229 Å². The van der Waals surface area contributed by atoms with E-state index in [2.05, 4.69) is 81.8 Å². The van der Waals surface area contributed by atoms with Crippen LogP contribution in [0.4, 0.5) is 72.8 Å². The number of halogens is 15. The number of nitrogens with one attached hydrogen (secondary N) is 2. The van der Waals surface area contributed by atoms with Gasteiger partial charge in [-0.25, -0.2) is 56.9 Å². The van der Waals surface area contributed by atoms with Crippen LogP contribution in [-0.4, -0.2) is 137 Å². The molecule has 0 radical (unpaired) electrons. The van der Waals surface area contributed by atoms with E-state index >= 15 is 0 Å². The fourth-order valence-electron chi connectivity index (χ4n) is 8.17. The van der Waals surface area contributed by atoms with E-state index in [1.807, 2.05) is 17.8 Å². The number of H-pyrrole nitrogens is 1. The van der Waals surface area contributed by atoms with Gasteiger partial charge in [0.25, 0.3) is 35.7 Å². The summed E-state index contributed by atoms with van der Waals surface area (Å²) in [6, 6.07) is 9.35. The molecule has 0 saturated carbocycles. The van der Waals surface area contributed by atoms with Crippen molar-refractivity contribution in [3.05, 3.63) is 131 Å². The molecule has 8 aromatic rings. The van der Waals surface area contributed by atoms with Gasteiger partial charge in [0.05, 0.1) is 51.4 Å². The number of hydrogen-bond donors (Lipinski definition) is 3. The average Bonchev–Trinajstić information content (AvgIpc) is 1.66. The SMILES string of the molecule is C.C.CC(=O)C(C)Br.CC(=O)C(C)n1nc(C(F)(F)F)nc1C.Cc1nc(C(F)(F)F)n[nH]1.Cc1nc(C(F)(F)F)nn1C(C)C(=O)N1CCCc2c1cnn2-c1ccc(F)cc1.Cc1nc(C(F)(F)F)nn1C(C)C(=O)O.Fc1ccc(-n2ncc3c2CCCN3)cc1.O=CO[O-].[H-].[K+].[K+].[Li+].[OH-]. The number of rotatable bonds is 10. The summed E-state index contributed by atoms with van der Waals surface area (Å²) in [5.74, 6) is -7.14. The molecule has 0 aliphatic carbocycles. The van der Waals surface area contributed by atoms with Gasteiger partial charge in [-0.15, -0.1) is 20.4 Å². The molecule has 6 aromatic heterocycles. The maximum atomic E-state index is 13.2. The molecule has 45 heteroatoms. The molecule has 1 amide bonds. The van der Waals surface area contributed by atoms with Crippen LogP contribution in [0.15, 0.2) is 60.9 Å². The van der Waals surface area contributed by atoms with E-state index < -0.39 is 78.0 Å². The summed E-state index contributed by atoms with van der Waals surface area (Å²) >= 11 is 3.09. The predicted octanol–water partition coefficient (Wildman–Crippen LogP) is 1.99. The first kappa shape index (κ1) is 100. The van der Waals surface area contributed by atoms with Crippen LogP contribution in [0.1, 0.15) is 147 Å². The number of aryl methyl sites for hydroxylation is 4. The van der Waals surface area contributed by atoms with Gasteiger partial charge >= 0.3 is 152 Å². The molecule has 10 rings (SSSR count). The zero-order chi connectivity index (χ0) is 72.5. The van der Waals surface area contributed by atoms with E-state index in [0.717, 1.165) is 50.5 Å². The molecule has 0 spiro atoms. The fourth-order valence-corrected chi connectivity index (χ4v) is 8.17. The van der Waals surface area contributed by atoms with Gasteiger partial charge in [0.1, 0.15) is 58.8 Å². The first-order valence-electron chi connectivity index (χ1n) is 27.8. The minimum Gasteiger partial charge on any atom is -1.00 e. The van der Waals surface area contributed by atoms with Crippen molar-refractivity contribution in [1.29, 1.82) is 0 Å². The molecule has 4 unspecified atom stereocenters. The Balaban J connectivity index is -0.000000589. The Hall–Kier alpha value is -5.74. The van der Waals surface area contributed by atoms with Crippen molar-refractivity contribution >= 4 is 57.2 Å². The summed E-state index contributed by atoms with van der Waals surface area (Å²) in [6.07, 6.45) is -11.6. The number of carbonyl (C=O) groups is 5. The topological polar surface area (TPSA) is 352 Å². The van der Waals surface area contributed by atoms with E-state index in [4.69, 9.17) is 15.2 Å². The number of aromatic amines is 1. The van der Waals surface area contributed by atoms with E-state index in [-0.39, 0.29) is 201 Å². The molecule has 2 aromatic carbocycles. The van der Waals surface area contributed by atoms with Crippen LogP contribution < -0.4 is 137 Å². The third kappa shape index (κ3) is 29.3. The Kier molecular flexibility index (Phi) is 43.6. The molecular weight excluding hydrogens is 1510 g/mol. The number of anilines is 2. The van der Waals surface area contributed by atoms with Gasteiger partial charge in [0, 0.05) is 13.1 Å². The van der Waals surface area contributed by atoms with E-state index in [0.29, 0.717) is 30.8 Å². The van der Waals surface area contributed by atoms with Gasteiger partial charge in [0.15, 0.2) is 5.78 Å². The van der Waals surface area contributed by atoms with Gasteiger partial charge in [-0.1, -0.05) is 30.8 Å². The largest absolute Gasteiger partial charge is 1.00 e. The first-order valence-corrected chi connectivity index (χ1v) is 28.7. The van der Waals surface area contributed by atoms with Crippen molar-refractivity contribution in [2.24, 2.45) is 0 Å². The maximum Gasteiger partial charge on any atom is 1.00 e.